The number of hydrogen-bond donors (Lipinski definition) is 1. The second-order valence-electron chi connectivity index (χ2n) is 4.86. The summed E-state index contributed by atoms with van der Waals surface area (Å²) in [4.78, 5) is 26.9. The maximum absolute atomic E-state index is 12.4. The van der Waals surface area contributed by atoms with Crippen molar-refractivity contribution in [2.75, 3.05) is 0 Å². The Balaban J connectivity index is 1.83. The average Bonchev–Trinajstić information content (AvgIpc) is 3.02. The number of carboxylic acids is 1. The van der Waals surface area contributed by atoms with Crippen LogP contribution in [0, 0.1) is 6.92 Å². The van der Waals surface area contributed by atoms with Crippen LogP contribution < -0.4 is 0 Å². The van der Waals surface area contributed by atoms with E-state index >= 15 is 0 Å². The smallest absolute Gasteiger partial charge is 0.335 e. The highest BCUT2D eigenvalue weighted by Gasteiger charge is 2.25. The Labute approximate surface area is 120 Å². The summed E-state index contributed by atoms with van der Waals surface area (Å²) in [5.41, 5.74) is 2.22. The van der Waals surface area contributed by atoms with Gasteiger partial charge in [0.05, 0.1) is 10.4 Å². The first-order chi connectivity index (χ1) is 9.54. The van der Waals surface area contributed by atoms with Crippen molar-refractivity contribution in [1.29, 1.82) is 0 Å². The molecule has 4 nitrogen and oxygen atoms in total. The lowest BCUT2D eigenvalue weighted by Crippen LogP contribution is -2.24. The van der Waals surface area contributed by atoms with Gasteiger partial charge in [-0.05, 0) is 42.3 Å². The summed E-state index contributed by atoms with van der Waals surface area (Å²) in [7, 11) is 0. The van der Waals surface area contributed by atoms with E-state index in [2.05, 4.69) is 0 Å². The van der Waals surface area contributed by atoms with Gasteiger partial charge < -0.3 is 10.0 Å². The van der Waals surface area contributed by atoms with Gasteiger partial charge in [-0.3, -0.25) is 4.79 Å². The van der Waals surface area contributed by atoms with E-state index in [4.69, 9.17) is 5.11 Å². The lowest BCUT2D eigenvalue weighted by atomic mass is 10.1. The monoisotopic (exact) mass is 287 g/mol. The van der Waals surface area contributed by atoms with Crippen molar-refractivity contribution in [3.8, 4) is 0 Å². The summed E-state index contributed by atoms with van der Waals surface area (Å²) in [5, 5.41) is 8.99. The van der Waals surface area contributed by atoms with Gasteiger partial charge in [-0.1, -0.05) is 6.07 Å². The third-order valence-electron chi connectivity index (χ3n) is 3.41. The maximum Gasteiger partial charge on any atom is 0.335 e. The number of nitrogens with zero attached hydrogens (tertiary/aromatic N) is 1. The van der Waals surface area contributed by atoms with Gasteiger partial charge in [0.2, 0.25) is 0 Å². The molecule has 1 amide bonds. The Morgan fingerprint density at radius 2 is 1.90 bits per heavy atom. The van der Waals surface area contributed by atoms with E-state index in [0.717, 1.165) is 20.9 Å². The van der Waals surface area contributed by atoms with Crippen molar-refractivity contribution in [3.63, 3.8) is 0 Å². The van der Waals surface area contributed by atoms with E-state index in [1.807, 2.05) is 19.1 Å². The first kappa shape index (κ1) is 12.9. The minimum absolute atomic E-state index is 0.0103. The Hall–Kier alpha value is -2.14. The molecule has 0 saturated heterocycles. The SMILES string of the molecule is Cc1ccc(C(=O)N2Cc3ccc(C(=O)O)cc3C2)s1. The third kappa shape index (κ3) is 2.20. The molecule has 0 radical (unpaired) electrons. The molecule has 1 aliphatic rings. The lowest BCUT2D eigenvalue weighted by molar-refractivity contribution is 0.0696. The number of carbonyl (C=O) groups is 2. The van der Waals surface area contributed by atoms with Crippen LogP contribution in [0.25, 0.3) is 0 Å². The van der Waals surface area contributed by atoms with Crippen molar-refractivity contribution in [2.45, 2.75) is 20.0 Å². The predicted octanol–water partition coefficient (Wildman–Crippen LogP) is 2.91. The van der Waals surface area contributed by atoms with Crippen molar-refractivity contribution < 1.29 is 14.7 Å². The Morgan fingerprint density at radius 1 is 1.15 bits per heavy atom. The zero-order valence-corrected chi connectivity index (χ0v) is 11.7. The van der Waals surface area contributed by atoms with Gasteiger partial charge >= 0.3 is 5.97 Å². The van der Waals surface area contributed by atoms with E-state index in [9.17, 15) is 9.59 Å². The number of amides is 1. The Kier molecular flexibility index (Phi) is 3.06. The zero-order chi connectivity index (χ0) is 14.3. The topological polar surface area (TPSA) is 57.6 Å². The molecule has 3 rings (SSSR count). The van der Waals surface area contributed by atoms with Gasteiger partial charge in [0.25, 0.3) is 5.91 Å². The normalized spacial score (nSPS) is 13.3. The van der Waals surface area contributed by atoms with Gasteiger partial charge in [-0.15, -0.1) is 11.3 Å². The van der Waals surface area contributed by atoms with Crippen LogP contribution in [-0.4, -0.2) is 21.9 Å². The molecule has 0 saturated carbocycles. The second-order valence-corrected chi connectivity index (χ2v) is 6.15. The van der Waals surface area contributed by atoms with E-state index in [1.54, 1.807) is 23.1 Å². The number of hydrogen-bond acceptors (Lipinski definition) is 3. The first-order valence-corrected chi connectivity index (χ1v) is 7.07. The summed E-state index contributed by atoms with van der Waals surface area (Å²) in [6.45, 7) is 3.00. The molecule has 102 valence electrons. The molecule has 0 fully saturated rings. The minimum Gasteiger partial charge on any atom is -0.478 e. The average molecular weight is 287 g/mol. The molecule has 1 N–H and O–H groups in total. The van der Waals surface area contributed by atoms with Crippen LogP contribution in [0.15, 0.2) is 30.3 Å². The third-order valence-corrected chi connectivity index (χ3v) is 4.40. The molecule has 0 unspecified atom stereocenters. The van der Waals surface area contributed by atoms with E-state index in [0.29, 0.717) is 13.1 Å². The van der Waals surface area contributed by atoms with Crippen molar-refractivity contribution >= 4 is 23.2 Å². The van der Waals surface area contributed by atoms with Crippen LogP contribution >= 0.6 is 11.3 Å². The molecule has 5 heteroatoms. The molecule has 2 heterocycles. The highest BCUT2D eigenvalue weighted by Crippen LogP contribution is 2.27. The molecule has 1 aromatic carbocycles. The molecular weight excluding hydrogens is 274 g/mol. The molecular formula is C15H13NO3S. The fourth-order valence-electron chi connectivity index (χ4n) is 2.38. The zero-order valence-electron chi connectivity index (χ0n) is 10.9. The minimum atomic E-state index is -0.938. The summed E-state index contributed by atoms with van der Waals surface area (Å²) >= 11 is 1.48. The van der Waals surface area contributed by atoms with Crippen LogP contribution in [0.2, 0.25) is 0 Å². The van der Waals surface area contributed by atoms with Gasteiger partial charge in [-0.25, -0.2) is 4.79 Å². The molecule has 0 spiro atoms. The quantitative estimate of drug-likeness (QED) is 0.924. The summed E-state index contributed by atoms with van der Waals surface area (Å²) < 4.78 is 0. The van der Waals surface area contributed by atoms with Gasteiger partial charge in [-0.2, -0.15) is 0 Å². The fraction of sp³-hybridized carbons (Fsp3) is 0.200. The number of benzene rings is 1. The highest BCUT2D eigenvalue weighted by atomic mass is 32.1. The summed E-state index contributed by atoms with van der Waals surface area (Å²) in [6, 6.07) is 8.82. The lowest BCUT2D eigenvalue weighted by Gasteiger charge is -2.13. The number of rotatable bonds is 2. The standard InChI is InChI=1S/C15H13NO3S/c1-9-2-5-13(20-9)14(17)16-7-11-4-3-10(15(18)19)6-12(11)8-16/h2-6H,7-8H2,1H3,(H,18,19). The maximum atomic E-state index is 12.4. The largest absolute Gasteiger partial charge is 0.478 e. The molecule has 1 aliphatic heterocycles. The Bertz CT molecular complexity index is 705. The van der Waals surface area contributed by atoms with Gasteiger partial charge in [0.15, 0.2) is 0 Å². The summed E-state index contributed by atoms with van der Waals surface area (Å²) in [6.07, 6.45) is 0. The van der Waals surface area contributed by atoms with E-state index < -0.39 is 5.97 Å². The van der Waals surface area contributed by atoms with Crippen molar-refractivity contribution in [2.24, 2.45) is 0 Å². The molecule has 2 aromatic rings. The van der Waals surface area contributed by atoms with Crippen LogP contribution in [0.1, 0.15) is 36.0 Å². The predicted molar refractivity (Wildman–Crippen MR) is 76.0 cm³/mol. The molecule has 0 bridgehead atoms. The van der Waals surface area contributed by atoms with Crippen LogP contribution in [-0.2, 0) is 13.1 Å². The highest BCUT2D eigenvalue weighted by molar-refractivity contribution is 7.13. The molecule has 0 atom stereocenters. The number of fused-ring (bicyclic) bond motifs is 1. The first-order valence-electron chi connectivity index (χ1n) is 6.25. The number of carbonyl (C=O) groups excluding carboxylic acids is 1. The second kappa shape index (κ2) is 4.76. The van der Waals surface area contributed by atoms with Crippen molar-refractivity contribution in [1.82, 2.24) is 4.90 Å². The fourth-order valence-corrected chi connectivity index (χ4v) is 3.21. The van der Waals surface area contributed by atoms with Crippen LogP contribution in [0.3, 0.4) is 0 Å². The van der Waals surface area contributed by atoms with Gasteiger partial charge in [0, 0.05) is 18.0 Å². The number of carboxylic acid groups (broad SMARTS) is 1. The molecule has 1 aromatic heterocycles. The number of aryl methyl sites for hydroxylation is 1. The van der Waals surface area contributed by atoms with Crippen LogP contribution in [0.4, 0.5) is 0 Å². The Morgan fingerprint density at radius 3 is 2.55 bits per heavy atom. The molecule has 20 heavy (non-hydrogen) atoms. The number of thiophene rings is 1. The molecule has 0 aliphatic carbocycles. The van der Waals surface area contributed by atoms with Crippen LogP contribution in [0.5, 0.6) is 0 Å². The van der Waals surface area contributed by atoms with Gasteiger partial charge in [0.1, 0.15) is 0 Å². The number of aromatic carboxylic acids is 1. The van der Waals surface area contributed by atoms with E-state index in [-0.39, 0.29) is 11.5 Å². The van der Waals surface area contributed by atoms with E-state index in [1.165, 1.54) is 11.3 Å². The van der Waals surface area contributed by atoms with Crippen molar-refractivity contribution in [3.05, 3.63) is 56.8 Å². The summed E-state index contributed by atoms with van der Waals surface area (Å²) in [5.74, 6) is -0.928.